The van der Waals surface area contributed by atoms with E-state index in [2.05, 4.69) is 14.7 Å². The smallest absolute Gasteiger partial charge is 0.433 e. The molecule has 6 nitrogen and oxygen atoms in total. The minimum Gasteiger partial charge on any atom is -0.433 e. The van der Waals surface area contributed by atoms with Crippen LogP contribution in [0.25, 0.3) is 11.1 Å². The maximum Gasteiger partial charge on any atom is 0.468 e. The lowest BCUT2D eigenvalue weighted by molar-refractivity contribution is -0.156. The summed E-state index contributed by atoms with van der Waals surface area (Å²) in [6, 6.07) is 4.07. The number of oxazole rings is 1. The van der Waals surface area contributed by atoms with Gasteiger partial charge in [0.05, 0.1) is 13.2 Å². The minimum absolute atomic E-state index is 0.0565. The van der Waals surface area contributed by atoms with Crippen molar-refractivity contribution in [1.29, 1.82) is 0 Å². The summed E-state index contributed by atoms with van der Waals surface area (Å²) < 4.78 is 52.9. The lowest BCUT2D eigenvalue weighted by Gasteiger charge is -2.24. The highest BCUT2D eigenvalue weighted by Crippen LogP contribution is 2.32. The molecular weight excluding hydrogens is 317 g/mol. The Morgan fingerprint density at radius 3 is 2.83 bits per heavy atom. The number of methoxy groups -OCH3 is 1. The molecule has 1 aliphatic rings. The van der Waals surface area contributed by atoms with Crippen LogP contribution in [0.1, 0.15) is 12.3 Å². The first kappa shape index (κ1) is 15.8. The molecule has 1 aromatic carbocycles. The van der Waals surface area contributed by atoms with Gasteiger partial charge >= 0.3 is 12.1 Å². The molecular formula is C14H13F3N2O4. The third kappa shape index (κ3) is 2.89. The van der Waals surface area contributed by atoms with Crippen LogP contribution in [0.2, 0.25) is 0 Å². The van der Waals surface area contributed by atoms with Crippen LogP contribution in [-0.2, 0) is 20.4 Å². The molecule has 1 aliphatic heterocycles. The zero-order chi connectivity index (χ0) is 16.7. The van der Waals surface area contributed by atoms with Crippen LogP contribution >= 0.6 is 0 Å². The lowest BCUT2D eigenvalue weighted by atomic mass is 10.0. The van der Waals surface area contributed by atoms with E-state index in [1.165, 1.54) is 25.3 Å². The topological polar surface area (TPSA) is 73.6 Å². The van der Waals surface area contributed by atoms with Crippen molar-refractivity contribution in [2.45, 2.75) is 18.2 Å². The molecule has 1 unspecified atom stereocenters. The Hall–Kier alpha value is -2.13. The predicted molar refractivity (Wildman–Crippen MR) is 72.8 cm³/mol. The first-order valence-electron chi connectivity index (χ1n) is 6.76. The van der Waals surface area contributed by atoms with E-state index in [0.717, 1.165) is 0 Å². The molecule has 0 saturated carbocycles. The highest BCUT2D eigenvalue weighted by atomic mass is 19.4. The van der Waals surface area contributed by atoms with Gasteiger partial charge < -0.3 is 19.2 Å². The van der Waals surface area contributed by atoms with Crippen LogP contribution in [0.5, 0.6) is 0 Å². The number of nitrogens with zero attached hydrogens (tertiary/aromatic N) is 1. The molecule has 23 heavy (non-hydrogen) atoms. The number of rotatable bonds is 3. The molecule has 1 saturated heterocycles. The van der Waals surface area contributed by atoms with Gasteiger partial charge in [-0.05, 0) is 12.1 Å². The molecule has 9 heteroatoms. The zero-order valence-corrected chi connectivity index (χ0v) is 12.1. The van der Waals surface area contributed by atoms with Gasteiger partial charge in [-0.1, -0.05) is 0 Å². The molecule has 0 spiro atoms. The van der Waals surface area contributed by atoms with E-state index in [1.807, 2.05) is 0 Å². The maximum atomic E-state index is 12.6. The fourth-order valence-electron chi connectivity index (χ4n) is 2.35. The number of carbonyl (C=O) groups excluding carboxylic acids is 1. The second kappa shape index (κ2) is 5.50. The number of amides is 1. The van der Waals surface area contributed by atoms with Crippen LogP contribution in [0.3, 0.4) is 0 Å². The molecule has 2 heterocycles. The summed E-state index contributed by atoms with van der Waals surface area (Å²) in [5.41, 5.74) is -0.811. The van der Waals surface area contributed by atoms with Gasteiger partial charge in [-0.15, -0.1) is 0 Å². The van der Waals surface area contributed by atoms with Crippen molar-refractivity contribution in [2.75, 3.05) is 25.6 Å². The summed E-state index contributed by atoms with van der Waals surface area (Å²) in [6.07, 6.45) is -4.26. The van der Waals surface area contributed by atoms with Crippen molar-refractivity contribution in [3.8, 4) is 0 Å². The van der Waals surface area contributed by atoms with E-state index >= 15 is 0 Å². The number of carbonyl (C=O) groups is 1. The number of aromatic nitrogens is 1. The standard InChI is InChI=1S/C14H13F3N2O4/c1-21-13(4-5-22-7-13)11(20)18-8-2-3-9-10(6-8)23-12(19-9)14(15,16)17/h2-3,6H,4-5,7H2,1H3,(H,18,20). The molecule has 1 atom stereocenters. The van der Waals surface area contributed by atoms with E-state index < -0.39 is 23.6 Å². The number of alkyl halides is 3. The number of fused-ring (bicyclic) bond motifs is 1. The average Bonchev–Trinajstić information content (AvgIpc) is 3.13. The molecule has 1 fully saturated rings. The molecule has 1 amide bonds. The van der Waals surface area contributed by atoms with Gasteiger partial charge in [0.15, 0.2) is 11.2 Å². The van der Waals surface area contributed by atoms with Crippen molar-refractivity contribution in [2.24, 2.45) is 0 Å². The van der Waals surface area contributed by atoms with Crippen molar-refractivity contribution in [1.82, 2.24) is 4.98 Å². The summed E-state index contributed by atoms with van der Waals surface area (Å²) in [6.45, 7) is 0.523. The van der Waals surface area contributed by atoms with Crippen LogP contribution in [0.4, 0.5) is 18.9 Å². The fourth-order valence-corrected chi connectivity index (χ4v) is 2.35. The summed E-state index contributed by atoms with van der Waals surface area (Å²) in [4.78, 5) is 15.7. The number of ether oxygens (including phenoxy) is 2. The predicted octanol–water partition coefficient (Wildman–Crippen LogP) is 2.59. The quantitative estimate of drug-likeness (QED) is 0.936. The Bertz CT molecular complexity index is 735. The van der Waals surface area contributed by atoms with Crippen LogP contribution in [0, 0.1) is 0 Å². The SMILES string of the molecule is COC1(C(=O)Nc2ccc3nc(C(F)(F)F)oc3c2)CCOC1. The fraction of sp³-hybridized carbons (Fsp3) is 0.429. The summed E-state index contributed by atoms with van der Waals surface area (Å²) >= 11 is 0. The van der Waals surface area contributed by atoms with E-state index in [9.17, 15) is 18.0 Å². The second-order valence-corrected chi connectivity index (χ2v) is 5.15. The van der Waals surface area contributed by atoms with Gasteiger partial charge in [0, 0.05) is 25.3 Å². The summed E-state index contributed by atoms with van der Waals surface area (Å²) in [7, 11) is 1.41. The Kier molecular flexibility index (Phi) is 3.77. The first-order chi connectivity index (χ1) is 10.8. The third-order valence-electron chi connectivity index (χ3n) is 3.68. The Balaban J connectivity index is 1.84. The number of anilines is 1. The third-order valence-corrected chi connectivity index (χ3v) is 3.68. The molecule has 0 aliphatic carbocycles. The van der Waals surface area contributed by atoms with Crippen molar-refractivity contribution in [3.05, 3.63) is 24.1 Å². The average molecular weight is 330 g/mol. The Morgan fingerprint density at radius 1 is 1.43 bits per heavy atom. The van der Waals surface area contributed by atoms with Gasteiger partial charge in [0.2, 0.25) is 0 Å². The van der Waals surface area contributed by atoms with Crippen LogP contribution in [0.15, 0.2) is 22.6 Å². The minimum atomic E-state index is -4.66. The van der Waals surface area contributed by atoms with E-state index in [4.69, 9.17) is 9.47 Å². The number of hydrogen-bond donors (Lipinski definition) is 1. The lowest BCUT2D eigenvalue weighted by Crippen LogP contribution is -2.45. The highest BCUT2D eigenvalue weighted by Gasteiger charge is 2.42. The zero-order valence-electron chi connectivity index (χ0n) is 12.1. The number of benzene rings is 1. The molecule has 1 N–H and O–H groups in total. The van der Waals surface area contributed by atoms with Gasteiger partial charge in [-0.2, -0.15) is 13.2 Å². The largest absolute Gasteiger partial charge is 0.468 e. The highest BCUT2D eigenvalue weighted by molar-refractivity contribution is 5.98. The Morgan fingerprint density at radius 2 is 2.22 bits per heavy atom. The van der Waals surface area contributed by atoms with Crippen molar-refractivity contribution < 1.29 is 31.9 Å². The van der Waals surface area contributed by atoms with E-state index in [1.54, 1.807) is 0 Å². The molecule has 2 aromatic rings. The number of hydrogen-bond acceptors (Lipinski definition) is 5. The summed E-state index contributed by atoms with van der Waals surface area (Å²) in [5, 5.41) is 2.60. The number of halogens is 3. The van der Waals surface area contributed by atoms with Gasteiger partial charge in [0.25, 0.3) is 5.91 Å². The molecule has 1 aromatic heterocycles. The normalized spacial score (nSPS) is 21.7. The van der Waals surface area contributed by atoms with E-state index in [-0.39, 0.29) is 23.4 Å². The molecule has 124 valence electrons. The van der Waals surface area contributed by atoms with Crippen LogP contribution in [-0.4, -0.2) is 36.8 Å². The van der Waals surface area contributed by atoms with E-state index in [0.29, 0.717) is 13.0 Å². The maximum absolute atomic E-state index is 12.6. The monoisotopic (exact) mass is 330 g/mol. The Labute approximate surface area is 128 Å². The van der Waals surface area contributed by atoms with Crippen molar-refractivity contribution >= 4 is 22.7 Å². The second-order valence-electron chi connectivity index (χ2n) is 5.15. The summed E-state index contributed by atoms with van der Waals surface area (Å²) in [5.74, 6) is -1.75. The van der Waals surface area contributed by atoms with Crippen molar-refractivity contribution in [3.63, 3.8) is 0 Å². The number of nitrogens with one attached hydrogen (secondary N) is 1. The van der Waals surface area contributed by atoms with Gasteiger partial charge in [-0.3, -0.25) is 4.79 Å². The van der Waals surface area contributed by atoms with Gasteiger partial charge in [0.1, 0.15) is 5.52 Å². The molecule has 0 bridgehead atoms. The van der Waals surface area contributed by atoms with Gasteiger partial charge in [-0.25, -0.2) is 4.98 Å². The first-order valence-corrected chi connectivity index (χ1v) is 6.76. The molecule has 3 rings (SSSR count). The van der Waals surface area contributed by atoms with Crippen LogP contribution < -0.4 is 5.32 Å². The molecule has 0 radical (unpaired) electrons.